The first-order chi connectivity index (χ1) is 2.81. The van der Waals surface area contributed by atoms with Crippen LogP contribution in [0.4, 0.5) is 0 Å². The van der Waals surface area contributed by atoms with Crippen molar-refractivity contribution in [2.45, 2.75) is 6.92 Å². The molecule has 0 saturated heterocycles. The van der Waals surface area contributed by atoms with Crippen molar-refractivity contribution in [1.82, 2.24) is 0 Å². The maximum absolute atomic E-state index is 9.47. The van der Waals surface area contributed by atoms with Crippen LogP contribution >= 0.6 is 0 Å². The number of hydrogen-bond donors (Lipinski definition) is 0. The summed E-state index contributed by atoms with van der Waals surface area (Å²) in [5.74, 6) is 0. The summed E-state index contributed by atoms with van der Waals surface area (Å²) in [6.07, 6.45) is 1.04. The van der Waals surface area contributed by atoms with Gasteiger partial charge in [0, 0.05) is 0 Å². The summed E-state index contributed by atoms with van der Waals surface area (Å²) in [5, 5.41) is 9.47. The molecule has 0 radical (unpaired) electrons. The average molecular weight is 108 g/mol. The van der Waals surface area contributed by atoms with Gasteiger partial charge in [0.1, 0.15) is 6.29 Å². The molecule has 34 valence electrons. The molecule has 0 heterocycles. The maximum Gasteiger partial charge on any atom is 1.00 e. The Morgan fingerprint density at radius 2 is 2.14 bits per heavy atom. The normalized spacial score (nSPS) is 9.57. The quantitative estimate of drug-likeness (QED) is 0.151. The van der Waals surface area contributed by atoms with Gasteiger partial charge in [-0.05, 0) is 12.5 Å². The molecule has 0 rings (SSSR count). The standard InChI is InChI=1S/C4H6O2.Na/c1-4(2-5)3-6;/h2-3,5H,1H3;/q;+1/p-1/b4-2+;. The molecule has 2 nitrogen and oxygen atoms in total. The average Bonchev–Trinajstić information content (AvgIpc) is 1.65. The third-order valence-corrected chi connectivity index (χ3v) is 0.372. The Hall–Kier alpha value is 0.210. The Morgan fingerprint density at radius 3 is 2.14 bits per heavy atom. The van der Waals surface area contributed by atoms with E-state index >= 15 is 0 Å². The third-order valence-electron chi connectivity index (χ3n) is 0.372. The molecule has 0 N–H and O–H groups in total. The van der Waals surface area contributed by atoms with E-state index < -0.39 is 0 Å². The Morgan fingerprint density at radius 1 is 1.71 bits per heavy atom. The molecule has 0 fully saturated rings. The van der Waals surface area contributed by atoms with Crippen molar-refractivity contribution in [2.75, 3.05) is 0 Å². The number of aldehydes is 1. The van der Waals surface area contributed by atoms with E-state index in [0.29, 0.717) is 12.5 Å². The first-order valence-electron chi connectivity index (χ1n) is 1.55. The molecule has 0 unspecified atom stereocenters. The molecular weight excluding hydrogens is 103 g/mol. The summed E-state index contributed by atoms with van der Waals surface area (Å²) in [6.45, 7) is 1.46. The van der Waals surface area contributed by atoms with Crippen LogP contribution in [0.15, 0.2) is 11.8 Å². The molecule has 0 aromatic heterocycles. The van der Waals surface area contributed by atoms with Crippen molar-refractivity contribution >= 4 is 6.29 Å². The van der Waals surface area contributed by atoms with E-state index in [4.69, 9.17) is 0 Å². The molecule has 0 amide bonds. The van der Waals surface area contributed by atoms with E-state index in [2.05, 4.69) is 0 Å². The van der Waals surface area contributed by atoms with E-state index in [1.54, 1.807) is 0 Å². The van der Waals surface area contributed by atoms with Crippen molar-refractivity contribution in [3.05, 3.63) is 11.8 Å². The molecule has 0 atom stereocenters. The van der Waals surface area contributed by atoms with Crippen LogP contribution in [0, 0.1) is 0 Å². The van der Waals surface area contributed by atoms with Gasteiger partial charge in [0.2, 0.25) is 0 Å². The molecule has 0 aromatic rings. The van der Waals surface area contributed by atoms with Crippen molar-refractivity contribution in [3.8, 4) is 0 Å². The number of allylic oxidation sites excluding steroid dienone is 1. The van der Waals surface area contributed by atoms with Gasteiger partial charge in [-0.15, -0.1) is 6.26 Å². The molecule has 0 aliphatic heterocycles. The van der Waals surface area contributed by atoms with E-state index in [1.165, 1.54) is 6.92 Å². The van der Waals surface area contributed by atoms with Gasteiger partial charge in [0.05, 0.1) is 0 Å². The van der Waals surface area contributed by atoms with Crippen LogP contribution in [0.5, 0.6) is 0 Å². The van der Waals surface area contributed by atoms with Gasteiger partial charge in [-0.1, -0.05) is 0 Å². The molecule has 3 heteroatoms. The summed E-state index contributed by atoms with van der Waals surface area (Å²) < 4.78 is 0. The fourth-order valence-corrected chi connectivity index (χ4v) is 0.0278. The topological polar surface area (TPSA) is 40.1 Å². The number of carbonyl (C=O) groups is 1. The first-order valence-corrected chi connectivity index (χ1v) is 1.55. The van der Waals surface area contributed by atoms with Crippen molar-refractivity contribution in [2.24, 2.45) is 0 Å². The van der Waals surface area contributed by atoms with Crippen LogP contribution in [-0.2, 0) is 4.79 Å². The summed E-state index contributed by atoms with van der Waals surface area (Å²) in [7, 11) is 0. The summed E-state index contributed by atoms with van der Waals surface area (Å²) in [5.41, 5.74) is 0.231. The van der Waals surface area contributed by atoms with Crippen LogP contribution in [0.3, 0.4) is 0 Å². The second kappa shape index (κ2) is 6.21. The van der Waals surface area contributed by atoms with Gasteiger partial charge in [-0.25, -0.2) is 0 Å². The van der Waals surface area contributed by atoms with Gasteiger partial charge >= 0.3 is 29.6 Å². The molecular formula is C4H5NaO2. The predicted molar refractivity (Wildman–Crippen MR) is 19.8 cm³/mol. The van der Waals surface area contributed by atoms with Gasteiger partial charge in [0.25, 0.3) is 0 Å². The van der Waals surface area contributed by atoms with Crippen molar-refractivity contribution in [3.63, 3.8) is 0 Å². The van der Waals surface area contributed by atoms with Gasteiger partial charge < -0.3 is 5.11 Å². The summed E-state index contributed by atoms with van der Waals surface area (Å²) in [6, 6.07) is 0. The predicted octanol–water partition coefficient (Wildman–Crippen LogP) is -3.55. The van der Waals surface area contributed by atoms with Crippen LogP contribution in [0.25, 0.3) is 0 Å². The monoisotopic (exact) mass is 108 g/mol. The van der Waals surface area contributed by atoms with Gasteiger partial charge in [-0.2, -0.15) is 0 Å². The Kier molecular flexibility index (Phi) is 9.09. The Balaban J connectivity index is 0. The van der Waals surface area contributed by atoms with Crippen LogP contribution in [0.1, 0.15) is 6.92 Å². The zero-order valence-electron chi connectivity index (χ0n) is 4.47. The largest absolute Gasteiger partial charge is 1.00 e. The van der Waals surface area contributed by atoms with Crippen LogP contribution in [-0.4, -0.2) is 6.29 Å². The maximum atomic E-state index is 9.47. The molecule has 0 aliphatic rings. The number of rotatable bonds is 1. The molecule has 0 aromatic carbocycles. The van der Waals surface area contributed by atoms with Crippen molar-refractivity contribution in [1.29, 1.82) is 0 Å². The van der Waals surface area contributed by atoms with Crippen molar-refractivity contribution < 1.29 is 39.5 Å². The van der Waals surface area contributed by atoms with E-state index in [-0.39, 0.29) is 35.1 Å². The molecule has 0 bridgehead atoms. The Labute approximate surface area is 64.5 Å². The van der Waals surface area contributed by atoms with E-state index in [1.807, 2.05) is 0 Å². The number of carbonyl (C=O) groups excluding carboxylic acids is 1. The minimum atomic E-state index is 0. The molecule has 0 spiro atoms. The molecule has 7 heavy (non-hydrogen) atoms. The second-order valence-corrected chi connectivity index (χ2v) is 0.980. The zero-order valence-corrected chi connectivity index (χ0v) is 6.47. The molecule has 0 saturated carbocycles. The number of hydrogen-bond acceptors (Lipinski definition) is 2. The van der Waals surface area contributed by atoms with Gasteiger partial charge in [-0.3, -0.25) is 4.79 Å². The van der Waals surface area contributed by atoms with E-state index in [0.717, 1.165) is 0 Å². The summed E-state index contributed by atoms with van der Waals surface area (Å²) in [4.78, 5) is 9.47. The second-order valence-electron chi connectivity index (χ2n) is 0.980. The summed E-state index contributed by atoms with van der Waals surface area (Å²) >= 11 is 0. The fraction of sp³-hybridized carbons (Fsp3) is 0.250. The zero-order chi connectivity index (χ0) is 4.99. The van der Waals surface area contributed by atoms with E-state index in [9.17, 15) is 9.90 Å². The first kappa shape index (κ1) is 10.2. The smallest absolute Gasteiger partial charge is 0.878 e. The fourth-order valence-electron chi connectivity index (χ4n) is 0.0278. The third kappa shape index (κ3) is 6.21. The van der Waals surface area contributed by atoms with Crippen LogP contribution in [0.2, 0.25) is 0 Å². The van der Waals surface area contributed by atoms with Gasteiger partial charge in [0.15, 0.2) is 0 Å². The minimum Gasteiger partial charge on any atom is -0.878 e. The SMILES string of the molecule is C/C(C=O)=C\[O-].[Na+]. The Bertz CT molecular complexity index is 77.8. The van der Waals surface area contributed by atoms with Crippen LogP contribution < -0.4 is 34.7 Å². The minimum absolute atomic E-state index is 0. The molecule has 0 aliphatic carbocycles.